The van der Waals surface area contributed by atoms with Crippen molar-refractivity contribution in [3.63, 3.8) is 0 Å². The average Bonchev–Trinajstić information content (AvgIpc) is 2.48. The Morgan fingerprint density at radius 1 is 1.62 bits per heavy atom. The van der Waals surface area contributed by atoms with Gasteiger partial charge < -0.3 is 0 Å². The van der Waals surface area contributed by atoms with E-state index in [4.69, 9.17) is 11.6 Å². The molecule has 0 aromatic heterocycles. The average molecular weight is 199 g/mol. The maximum absolute atomic E-state index is 11.6. The maximum Gasteiger partial charge on any atom is 0.160 e. The molecule has 0 spiro atoms. The van der Waals surface area contributed by atoms with Crippen molar-refractivity contribution >= 4 is 17.4 Å². The predicted molar refractivity (Wildman–Crippen MR) is 53.6 cm³/mol. The van der Waals surface area contributed by atoms with Crippen LogP contribution >= 0.6 is 11.6 Å². The van der Waals surface area contributed by atoms with Gasteiger partial charge in [0.1, 0.15) is 0 Å². The fourth-order valence-electron chi connectivity index (χ4n) is 2.69. The lowest BCUT2D eigenvalue weighted by Gasteiger charge is -2.10. The highest BCUT2D eigenvalue weighted by Crippen LogP contribution is 2.68. The van der Waals surface area contributed by atoms with E-state index in [0.717, 1.165) is 23.4 Å². The molecular weight excluding hydrogens is 184 g/mol. The number of hydrogen-bond donors (Lipinski definition) is 0. The summed E-state index contributed by atoms with van der Waals surface area (Å²) in [4.78, 5) is 11.6. The van der Waals surface area contributed by atoms with Gasteiger partial charge in [0.25, 0.3) is 0 Å². The second kappa shape index (κ2) is 2.60. The standard InChI is InChI=1S/C11H15ClO/c1-4-7(12)9-8(13)5-6-10(9)11(6,2)3/h6,10H,4-5H2,1-3H3/t6-,10-/m0/s1. The summed E-state index contributed by atoms with van der Waals surface area (Å²) in [7, 11) is 0. The zero-order chi connectivity index (χ0) is 9.80. The molecule has 72 valence electrons. The molecule has 2 fully saturated rings. The predicted octanol–water partition coefficient (Wildman–Crippen LogP) is 3.13. The summed E-state index contributed by atoms with van der Waals surface area (Å²) in [5, 5.41) is 0.795. The van der Waals surface area contributed by atoms with Gasteiger partial charge in [0, 0.05) is 17.0 Å². The number of allylic oxidation sites excluding steroid dienone is 2. The first kappa shape index (κ1) is 9.26. The summed E-state index contributed by atoms with van der Waals surface area (Å²) in [5.41, 5.74) is 1.28. The van der Waals surface area contributed by atoms with Gasteiger partial charge in [-0.25, -0.2) is 0 Å². The van der Waals surface area contributed by atoms with Gasteiger partial charge in [-0.2, -0.15) is 0 Å². The van der Waals surface area contributed by atoms with E-state index < -0.39 is 0 Å². The molecule has 2 aliphatic carbocycles. The summed E-state index contributed by atoms with van der Waals surface area (Å²) in [5.74, 6) is 1.34. The van der Waals surface area contributed by atoms with Crippen molar-refractivity contribution in [3.05, 3.63) is 10.6 Å². The number of hydrogen-bond acceptors (Lipinski definition) is 1. The molecule has 2 rings (SSSR count). The Morgan fingerprint density at radius 2 is 2.23 bits per heavy atom. The van der Waals surface area contributed by atoms with Crippen LogP contribution < -0.4 is 0 Å². The molecule has 2 atom stereocenters. The molecule has 13 heavy (non-hydrogen) atoms. The largest absolute Gasteiger partial charge is 0.294 e. The molecule has 0 bridgehead atoms. The van der Waals surface area contributed by atoms with Crippen LogP contribution in [0.5, 0.6) is 0 Å². The number of halogens is 1. The Hall–Kier alpha value is -0.300. The molecule has 0 amide bonds. The molecule has 2 aliphatic rings. The second-order valence-corrected chi connectivity index (χ2v) is 5.16. The van der Waals surface area contributed by atoms with Gasteiger partial charge in [-0.1, -0.05) is 32.4 Å². The first-order valence-electron chi connectivity index (χ1n) is 4.91. The Morgan fingerprint density at radius 3 is 2.69 bits per heavy atom. The van der Waals surface area contributed by atoms with Crippen molar-refractivity contribution in [2.24, 2.45) is 17.3 Å². The summed E-state index contributed by atoms with van der Waals surface area (Å²) in [6.45, 7) is 6.47. The summed E-state index contributed by atoms with van der Waals surface area (Å²) >= 11 is 6.07. The van der Waals surface area contributed by atoms with Crippen LogP contribution in [0.1, 0.15) is 33.6 Å². The normalized spacial score (nSPS) is 38.9. The molecule has 2 heteroatoms. The van der Waals surface area contributed by atoms with Crippen LogP contribution in [-0.4, -0.2) is 5.78 Å². The van der Waals surface area contributed by atoms with Crippen LogP contribution in [-0.2, 0) is 4.79 Å². The molecular formula is C11H15ClO. The van der Waals surface area contributed by atoms with Gasteiger partial charge in [0.2, 0.25) is 0 Å². The fourth-order valence-corrected chi connectivity index (χ4v) is 2.91. The topological polar surface area (TPSA) is 17.1 Å². The highest BCUT2D eigenvalue weighted by atomic mass is 35.5. The molecule has 0 heterocycles. The minimum atomic E-state index is 0.293. The van der Waals surface area contributed by atoms with Crippen LogP contribution in [0.15, 0.2) is 10.6 Å². The Bertz CT molecular complexity index is 301. The van der Waals surface area contributed by atoms with Gasteiger partial charge in [-0.05, 0) is 23.7 Å². The highest BCUT2D eigenvalue weighted by Gasteiger charge is 2.65. The quantitative estimate of drug-likeness (QED) is 0.592. The van der Waals surface area contributed by atoms with Crippen molar-refractivity contribution < 1.29 is 4.79 Å². The van der Waals surface area contributed by atoms with E-state index in [9.17, 15) is 4.79 Å². The summed E-state index contributed by atoms with van der Waals surface area (Å²) < 4.78 is 0. The van der Waals surface area contributed by atoms with Crippen molar-refractivity contribution in [2.45, 2.75) is 33.6 Å². The van der Waals surface area contributed by atoms with Crippen LogP contribution in [0.4, 0.5) is 0 Å². The second-order valence-electron chi connectivity index (χ2n) is 4.70. The van der Waals surface area contributed by atoms with E-state index >= 15 is 0 Å². The molecule has 0 N–H and O–H groups in total. The lowest BCUT2D eigenvalue weighted by atomic mass is 9.96. The Balaban J connectivity index is 2.35. The van der Waals surface area contributed by atoms with Gasteiger partial charge in [0.05, 0.1) is 0 Å². The van der Waals surface area contributed by atoms with Gasteiger partial charge in [-0.15, -0.1) is 0 Å². The molecule has 1 nitrogen and oxygen atoms in total. The first-order valence-corrected chi connectivity index (χ1v) is 5.29. The maximum atomic E-state index is 11.6. The van der Waals surface area contributed by atoms with Crippen LogP contribution in [0.3, 0.4) is 0 Å². The van der Waals surface area contributed by atoms with Gasteiger partial charge in [-0.3, -0.25) is 4.79 Å². The molecule has 0 radical (unpaired) electrons. The first-order chi connectivity index (χ1) is 6.00. The van der Waals surface area contributed by atoms with Gasteiger partial charge in [0.15, 0.2) is 5.78 Å². The fraction of sp³-hybridized carbons (Fsp3) is 0.727. The third-order valence-electron chi connectivity index (χ3n) is 3.67. The molecule has 0 saturated heterocycles. The van der Waals surface area contributed by atoms with Crippen LogP contribution in [0.25, 0.3) is 0 Å². The number of carbonyl (C=O) groups is 1. The minimum Gasteiger partial charge on any atom is -0.294 e. The van der Waals surface area contributed by atoms with E-state index in [1.54, 1.807) is 0 Å². The van der Waals surface area contributed by atoms with E-state index in [1.165, 1.54) is 0 Å². The number of fused-ring (bicyclic) bond motifs is 1. The lowest BCUT2D eigenvalue weighted by Crippen LogP contribution is -2.08. The number of Topliss-reactive ketones (excluding diaryl/α,β-unsaturated/α-hetero) is 1. The van der Waals surface area contributed by atoms with E-state index in [0.29, 0.717) is 23.0 Å². The third kappa shape index (κ3) is 1.10. The molecule has 0 aromatic rings. The van der Waals surface area contributed by atoms with Gasteiger partial charge >= 0.3 is 0 Å². The smallest absolute Gasteiger partial charge is 0.160 e. The number of carbonyl (C=O) groups excluding carboxylic acids is 1. The van der Waals surface area contributed by atoms with Crippen molar-refractivity contribution in [3.8, 4) is 0 Å². The highest BCUT2D eigenvalue weighted by molar-refractivity contribution is 6.32. The SMILES string of the molecule is CCC(Cl)=C1C(=O)C[C@H]2[C@@H]1C2(C)C. The van der Waals surface area contributed by atoms with Crippen molar-refractivity contribution in [1.82, 2.24) is 0 Å². The van der Waals surface area contributed by atoms with Crippen molar-refractivity contribution in [1.29, 1.82) is 0 Å². The number of rotatable bonds is 1. The minimum absolute atomic E-state index is 0.293. The summed E-state index contributed by atoms with van der Waals surface area (Å²) in [6.07, 6.45) is 1.52. The van der Waals surface area contributed by atoms with E-state index in [1.807, 2.05) is 6.92 Å². The van der Waals surface area contributed by atoms with Crippen molar-refractivity contribution in [2.75, 3.05) is 0 Å². The van der Waals surface area contributed by atoms with Crippen LogP contribution in [0.2, 0.25) is 0 Å². The molecule has 0 aliphatic heterocycles. The zero-order valence-corrected chi connectivity index (χ0v) is 9.11. The van der Waals surface area contributed by atoms with Crippen LogP contribution in [0, 0.1) is 17.3 Å². The Labute approximate surface area is 84.2 Å². The third-order valence-corrected chi connectivity index (χ3v) is 4.14. The lowest BCUT2D eigenvalue weighted by molar-refractivity contribution is -0.115. The van der Waals surface area contributed by atoms with E-state index in [2.05, 4.69) is 13.8 Å². The van der Waals surface area contributed by atoms with E-state index in [-0.39, 0.29) is 0 Å². The number of ketones is 1. The monoisotopic (exact) mass is 198 g/mol. The molecule has 0 unspecified atom stereocenters. The summed E-state index contributed by atoms with van der Waals surface area (Å²) in [6, 6.07) is 0. The molecule has 2 saturated carbocycles. The zero-order valence-electron chi connectivity index (χ0n) is 8.36. The Kier molecular flexibility index (Phi) is 1.85. The molecule has 0 aromatic carbocycles.